The molecule has 186 valence electrons. The first kappa shape index (κ1) is 25.0. The Bertz CT molecular complexity index is 1280. The number of fused-ring (bicyclic) bond motifs is 1. The molecule has 0 fully saturated rings. The molecule has 3 N–H and O–H groups in total. The summed E-state index contributed by atoms with van der Waals surface area (Å²) in [6.45, 7) is 1.44. The van der Waals surface area contributed by atoms with Crippen molar-refractivity contribution < 1.29 is 27.6 Å². The van der Waals surface area contributed by atoms with Crippen LogP contribution in [0.1, 0.15) is 29.5 Å². The fourth-order valence-corrected chi connectivity index (χ4v) is 4.30. The molecular weight excluding hydrogens is 471 g/mol. The molecule has 0 aliphatic carbocycles. The maximum Gasteiger partial charge on any atom is 0.247 e. The third-order valence-corrected chi connectivity index (χ3v) is 6.04. The first-order valence-corrected chi connectivity index (χ1v) is 11.4. The Kier molecular flexibility index (Phi) is 7.38. The van der Waals surface area contributed by atoms with E-state index in [9.17, 15) is 27.6 Å². The zero-order valence-corrected chi connectivity index (χ0v) is 19.4. The van der Waals surface area contributed by atoms with Gasteiger partial charge in [0.25, 0.3) is 0 Å². The van der Waals surface area contributed by atoms with Crippen molar-refractivity contribution in [3.05, 3.63) is 101 Å². The summed E-state index contributed by atoms with van der Waals surface area (Å²) < 4.78 is 40.6. The molecule has 0 saturated heterocycles. The standard InChI is InChI=1S/C27H24F3N3O3/c1-15(31-24(34)11-16-9-20(29)13-21(30)10-16)26(35)33-25-22(17-5-3-2-4-6-17)12-18-7-8-19(28)14-23(18)32-27(25)36/h2-10,13-15,22,25H,11-12H2,1H3,(H,31,34)(H,32,36)(H,33,35)/t15-,22+,25-/m0/s1. The number of hydrogen-bond donors (Lipinski definition) is 3. The van der Waals surface area contributed by atoms with Gasteiger partial charge in [-0.3, -0.25) is 14.4 Å². The molecule has 3 amide bonds. The van der Waals surface area contributed by atoms with Gasteiger partial charge in [0.2, 0.25) is 17.7 Å². The van der Waals surface area contributed by atoms with Crippen LogP contribution < -0.4 is 16.0 Å². The third-order valence-electron chi connectivity index (χ3n) is 6.04. The van der Waals surface area contributed by atoms with Crippen LogP contribution in [-0.4, -0.2) is 29.8 Å². The van der Waals surface area contributed by atoms with Crippen molar-refractivity contribution in [1.82, 2.24) is 10.6 Å². The first-order chi connectivity index (χ1) is 17.2. The highest BCUT2D eigenvalue weighted by atomic mass is 19.1. The molecule has 0 saturated carbocycles. The van der Waals surface area contributed by atoms with Crippen LogP contribution in [-0.2, 0) is 27.2 Å². The van der Waals surface area contributed by atoms with Crippen LogP contribution >= 0.6 is 0 Å². The molecule has 0 unspecified atom stereocenters. The highest BCUT2D eigenvalue weighted by Gasteiger charge is 2.35. The number of halogens is 3. The molecule has 3 atom stereocenters. The number of carbonyl (C=O) groups excluding carboxylic acids is 3. The molecule has 3 aromatic rings. The Morgan fingerprint density at radius 3 is 2.36 bits per heavy atom. The second kappa shape index (κ2) is 10.6. The first-order valence-electron chi connectivity index (χ1n) is 11.4. The Hall–Kier alpha value is -4.14. The van der Waals surface area contributed by atoms with Crippen LogP contribution in [0.2, 0.25) is 0 Å². The Balaban J connectivity index is 1.50. The van der Waals surface area contributed by atoms with Gasteiger partial charge in [-0.05, 0) is 54.3 Å². The van der Waals surface area contributed by atoms with E-state index in [4.69, 9.17) is 0 Å². The molecule has 1 heterocycles. The Labute approximate surface area is 205 Å². The van der Waals surface area contributed by atoms with Gasteiger partial charge in [-0.25, -0.2) is 13.2 Å². The van der Waals surface area contributed by atoms with Crippen molar-refractivity contribution in [3.8, 4) is 0 Å². The van der Waals surface area contributed by atoms with Crippen molar-refractivity contribution in [1.29, 1.82) is 0 Å². The number of rotatable bonds is 6. The zero-order valence-electron chi connectivity index (χ0n) is 19.4. The number of amides is 3. The van der Waals surface area contributed by atoms with Gasteiger partial charge in [0.05, 0.1) is 6.42 Å². The molecule has 0 spiro atoms. The number of anilines is 1. The molecule has 1 aliphatic rings. The van der Waals surface area contributed by atoms with E-state index >= 15 is 0 Å². The summed E-state index contributed by atoms with van der Waals surface area (Å²) in [5.74, 6) is -4.33. The largest absolute Gasteiger partial charge is 0.344 e. The van der Waals surface area contributed by atoms with E-state index in [0.717, 1.165) is 23.3 Å². The molecular formula is C27H24F3N3O3. The van der Waals surface area contributed by atoms with Gasteiger partial charge in [-0.2, -0.15) is 0 Å². The second-order valence-electron chi connectivity index (χ2n) is 8.74. The second-order valence-corrected chi connectivity index (χ2v) is 8.74. The molecule has 36 heavy (non-hydrogen) atoms. The van der Waals surface area contributed by atoms with Crippen LogP contribution in [0.25, 0.3) is 0 Å². The average molecular weight is 496 g/mol. The highest BCUT2D eigenvalue weighted by Crippen LogP contribution is 2.32. The van der Waals surface area contributed by atoms with E-state index in [1.54, 1.807) is 6.07 Å². The fraction of sp³-hybridized carbons (Fsp3) is 0.222. The highest BCUT2D eigenvalue weighted by molar-refractivity contribution is 6.00. The quantitative estimate of drug-likeness (QED) is 0.488. The molecule has 0 bridgehead atoms. The number of hydrogen-bond acceptors (Lipinski definition) is 3. The summed E-state index contributed by atoms with van der Waals surface area (Å²) in [7, 11) is 0. The summed E-state index contributed by atoms with van der Waals surface area (Å²) in [6, 6.07) is 14.0. The van der Waals surface area contributed by atoms with E-state index in [0.29, 0.717) is 18.2 Å². The van der Waals surface area contributed by atoms with Crippen LogP contribution in [0, 0.1) is 17.5 Å². The van der Waals surface area contributed by atoms with Crippen molar-refractivity contribution in [2.24, 2.45) is 0 Å². The van der Waals surface area contributed by atoms with Gasteiger partial charge in [0.15, 0.2) is 0 Å². The minimum absolute atomic E-state index is 0.120. The number of benzene rings is 3. The maximum absolute atomic E-state index is 13.8. The topological polar surface area (TPSA) is 87.3 Å². The lowest BCUT2D eigenvalue weighted by Crippen LogP contribution is -2.53. The van der Waals surface area contributed by atoms with Crippen LogP contribution in [0.3, 0.4) is 0 Å². The number of carbonyl (C=O) groups is 3. The Morgan fingerprint density at radius 2 is 1.67 bits per heavy atom. The maximum atomic E-state index is 13.8. The smallest absolute Gasteiger partial charge is 0.247 e. The minimum atomic E-state index is -1.04. The minimum Gasteiger partial charge on any atom is -0.344 e. The van der Waals surface area contributed by atoms with Crippen LogP contribution in [0.5, 0.6) is 0 Å². The van der Waals surface area contributed by atoms with E-state index in [1.165, 1.54) is 19.1 Å². The van der Waals surface area contributed by atoms with E-state index < -0.39 is 53.2 Å². The fourth-order valence-electron chi connectivity index (χ4n) is 4.30. The Morgan fingerprint density at radius 1 is 0.972 bits per heavy atom. The lowest BCUT2D eigenvalue weighted by atomic mass is 9.86. The van der Waals surface area contributed by atoms with Gasteiger partial charge in [0.1, 0.15) is 29.5 Å². The molecule has 4 rings (SSSR count). The zero-order chi connectivity index (χ0) is 25.8. The van der Waals surface area contributed by atoms with E-state index in [2.05, 4.69) is 16.0 Å². The van der Waals surface area contributed by atoms with Crippen LogP contribution in [0.15, 0.2) is 66.7 Å². The predicted octanol–water partition coefficient (Wildman–Crippen LogP) is 3.61. The van der Waals surface area contributed by atoms with Crippen molar-refractivity contribution in [3.63, 3.8) is 0 Å². The van der Waals surface area contributed by atoms with Gasteiger partial charge >= 0.3 is 0 Å². The summed E-state index contributed by atoms with van der Waals surface area (Å²) in [5.41, 5.74) is 1.98. The monoisotopic (exact) mass is 495 g/mol. The lowest BCUT2D eigenvalue weighted by Gasteiger charge is -2.26. The van der Waals surface area contributed by atoms with Gasteiger partial charge in [0, 0.05) is 17.7 Å². The average Bonchev–Trinajstić information content (AvgIpc) is 2.94. The van der Waals surface area contributed by atoms with E-state index in [-0.39, 0.29) is 12.0 Å². The normalized spacial score (nSPS) is 17.8. The molecule has 0 radical (unpaired) electrons. The summed E-state index contributed by atoms with van der Waals surface area (Å²) >= 11 is 0. The molecule has 1 aliphatic heterocycles. The molecule has 6 nitrogen and oxygen atoms in total. The third kappa shape index (κ3) is 5.91. The van der Waals surface area contributed by atoms with Crippen molar-refractivity contribution in [2.75, 3.05) is 5.32 Å². The predicted molar refractivity (Wildman–Crippen MR) is 128 cm³/mol. The number of nitrogens with one attached hydrogen (secondary N) is 3. The molecule has 0 aromatic heterocycles. The van der Waals surface area contributed by atoms with Crippen molar-refractivity contribution >= 4 is 23.4 Å². The van der Waals surface area contributed by atoms with Gasteiger partial charge in [-0.1, -0.05) is 36.4 Å². The van der Waals surface area contributed by atoms with Gasteiger partial charge in [-0.15, -0.1) is 0 Å². The van der Waals surface area contributed by atoms with Gasteiger partial charge < -0.3 is 16.0 Å². The SMILES string of the molecule is C[C@H](NC(=O)Cc1cc(F)cc(F)c1)C(=O)N[C@@H]1C(=O)Nc2cc(F)ccc2C[C@@H]1c1ccccc1. The molecule has 3 aromatic carbocycles. The van der Waals surface area contributed by atoms with Crippen molar-refractivity contribution in [2.45, 2.75) is 37.8 Å². The summed E-state index contributed by atoms with van der Waals surface area (Å²) in [6.07, 6.45) is 0.0267. The summed E-state index contributed by atoms with van der Waals surface area (Å²) in [4.78, 5) is 38.5. The van der Waals surface area contributed by atoms with Crippen LogP contribution in [0.4, 0.5) is 18.9 Å². The molecule has 9 heteroatoms. The summed E-state index contributed by atoms with van der Waals surface area (Å²) in [5, 5.41) is 7.89. The lowest BCUT2D eigenvalue weighted by molar-refractivity contribution is -0.130. The van der Waals surface area contributed by atoms with E-state index in [1.807, 2.05) is 30.3 Å².